The monoisotopic (exact) mass is 363 g/mol. The third-order valence-corrected chi connectivity index (χ3v) is 5.41. The first-order valence-corrected chi connectivity index (χ1v) is 9.52. The minimum Gasteiger partial charge on any atom is -0.484 e. The van der Waals surface area contributed by atoms with E-state index in [4.69, 9.17) is 9.72 Å². The summed E-state index contributed by atoms with van der Waals surface area (Å²) >= 11 is 0. The Bertz CT molecular complexity index is 930. The van der Waals surface area contributed by atoms with Crippen LogP contribution in [0.2, 0.25) is 0 Å². The molecule has 140 valence electrons. The van der Waals surface area contributed by atoms with E-state index in [0.717, 1.165) is 42.0 Å². The van der Waals surface area contributed by atoms with Crippen LogP contribution in [0.4, 0.5) is 0 Å². The Hall–Kier alpha value is -2.82. The molecule has 1 N–H and O–H groups in total. The molecule has 1 aromatic heterocycles. The van der Waals surface area contributed by atoms with Crippen LogP contribution in [0.1, 0.15) is 35.7 Å². The van der Waals surface area contributed by atoms with Crippen molar-refractivity contribution in [3.05, 3.63) is 59.4 Å². The summed E-state index contributed by atoms with van der Waals surface area (Å²) in [7, 11) is 0. The summed E-state index contributed by atoms with van der Waals surface area (Å²) in [5, 5.41) is 0. The fourth-order valence-corrected chi connectivity index (χ4v) is 3.63. The first kappa shape index (κ1) is 17.6. The van der Waals surface area contributed by atoms with Crippen molar-refractivity contribution in [2.75, 3.05) is 19.7 Å². The number of piperidine rings is 1. The second-order valence-electron chi connectivity index (χ2n) is 7.35. The molecule has 0 aliphatic carbocycles. The van der Waals surface area contributed by atoms with Gasteiger partial charge in [-0.3, -0.25) is 4.79 Å². The number of aromatic nitrogens is 2. The largest absolute Gasteiger partial charge is 0.484 e. The fourth-order valence-electron chi connectivity index (χ4n) is 3.63. The molecule has 1 atom stereocenters. The van der Waals surface area contributed by atoms with Crippen LogP contribution in [0, 0.1) is 13.8 Å². The summed E-state index contributed by atoms with van der Waals surface area (Å²) in [6.45, 7) is 5.67. The molecule has 0 spiro atoms. The maximum absolute atomic E-state index is 12.6. The van der Waals surface area contributed by atoms with Gasteiger partial charge in [0, 0.05) is 19.0 Å². The van der Waals surface area contributed by atoms with Crippen molar-refractivity contribution in [1.82, 2.24) is 14.9 Å². The Kier molecular flexibility index (Phi) is 4.84. The van der Waals surface area contributed by atoms with Gasteiger partial charge >= 0.3 is 0 Å². The molecule has 27 heavy (non-hydrogen) atoms. The van der Waals surface area contributed by atoms with E-state index in [1.807, 2.05) is 54.3 Å². The van der Waals surface area contributed by atoms with Gasteiger partial charge in [0.25, 0.3) is 5.91 Å². The van der Waals surface area contributed by atoms with Crippen LogP contribution in [0.5, 0.6) is 5.75 Å². The van der Waals surface area contributed by atoms with Crippen molar-refractivity contribution in [1.29, 1.82) is 0 Å². The van der Waals surface area contributed by atoms with Crippen molar-refractivity contribution in [2.24, 2.45) is 0 Å². The smallest absolute Gasteiger partial charge is 0.260 e. The van der Waals surface area contributed by atoms with Crippen LogP contribution in [0.25, 0.3) is 11.0 Å². The van der Waals surface area contributed by atoms with Crippen LogP contribution in [0.3, 0.4) is 0 Å². The molecule has 1 aliphatic heterocycles. The van der Waals surface area contributed by atoms with Crippen molar-refractivity contribution in [3.63, 3.8) is 0 Å². The maximum Gasteiger partial charge on any atom is 0.260 e. The highest BCUT2D eigenvalue weighted by molar-refractivity contribution is 5.78. The molecule has 1 amide bonds. The molecule has 1 aliphatic rings. The third-order valence-electron chi connectivity index (χ3n) is 5.41. The Balaban J connectivity index is 1.39. The van der Waals surface area contributed by atoms with Gasteiger partial charge in [-0.15, -0.1) is 0 Å². The Morgan fingerprint density at radius 2 is 2.07 bits per heavy atom. The number of hydrogen-bond acceptors (Lipinski definition) is 3. The topological polar surface area (TPSA) is 58.2 Å². The number of aryl methyl sites for hydroxylation is 2. The van der Waals surface area contributed by atoms with Crippen molar-refractivity contribution in [3.8, 4) is 5.75 Å². The average Bonchev–Trinajstić information content (AvgIpc) is 3.13. The maximum atomic E-state index is 12.6. The van der Waals surface area contributed by atoms with Gasteiger partial charge in [0.05, 0.1) is 11.0 Å². The highest BCUT2D eigenvalue weighted by Crippen LogP contribution is 2.27. The number of ether oxygens (including phenoxy) is 1. The summed E-state index contributed by atoms with van der Waals surface area (Å²) in [4.78, 5) is 22.7. The Labute approximate surface area is 159 Å². The van der Waals surface area contributed by atoms with Crippen molar-refractivity contribution >= 4 is 16.9 Å². The lowest BCUT2D eigenvalue weighted by Gasteiger charge is -2.31. The van der Waals surface area contributed by atoms with E-state index in [2.05, 4.69) is 11.9 Å². The molecule has 1 unspecified atom stereocenters. The molecule has 0 bridgehead atoms. The summed E-state index contributed by atoms with van der Waals surface area (Å²) in [5.74, 6) is 2.01. The van der Waals surface area contributed by atoms with Crippen LogP contribution >= 0.6 is 0 Å². The van der Waals surface area contributed by atoms with E-state index in [9.17, 15) is 4.79 Å². The second kappa shape index (κ2) is 7.43. The molecular weight excluding hydrogens is 338 g/mol. The highest BCUT2D eigenvalue weighted by Gasteiger charge is 2.27. The molecule has 1 saturated heterocycles. The lowest BCUT2D eigenvalue weighted by atomic mass is 9.97. The number of amides is 1. The van der Waals surface area contributed by atoms with E-state index in [-0.39, 0.29) is 18.4 Å². The van der Waals surface area contributed by atoms with Gasteiger partial charge in [0.15, 0.2) is 6.61 Å². The summed E-state index contributed by atoms with van der Waals surface area (Å²) in [6, 6.07) is 14.0. The number of para-hydroxylation sites is 2. The van der Waals surface area contributed by atoms with Crippen LogP contribution in [0.15, 0.2) is 42.5 Å². The number of hydrogen-bond donors (Lipinski definition) is 1. The summed E-state index contributed by atoms with van der Waals surface area (Å²) in [5.41, 5.74) is 4.42. The number of H-pyrrole nitrogens is 1. The van der Waals surface area contributed by atoms with Gasteiger partial charge in [-0.25, -0.2) is 4.98 Å². The van der Waals surface area contributed by atoms with Crippen LogP contribution in [-0.2, 0) is 4.79 Å². The van der Waals surface area contributed by atoms with Crippen LogP contribution in [-0.4, -0.2) is 40.5 Å². The van der Waals surface area contributed by atoms with E-state index in [1.54, 1.807) is 0 Å². The molecule has 1 fully saturated rings. The number of rotatable bonds is 4. The number of nitrogens with one attached hydrogen (secondary N) is 1. The lowest BCUT2D eigenvalue weighted by molar-refractivity contribution is -0.134. The third kappa shape index (κ3) is 3.82. The molecule has 2 aromatic carbocycles. The van der Waals surface area contributed by atoms with Gasteiger partial charge in [0.2, 0.25) is 0 Å². The molecule has 3 aromatic rings. The summed E-state index contributed by atoms with van der Waals surface area (Å²) < 4.78 is 5.73. The van der Waals surface area contributed by atoms with Gasteiger partial charge in [-0.05, 0) is 62.1 Å². The standard InChI is InChI=1S/C22H25N3O2/c1-15-9-10-18(12-16(15)2)27-14-21(26)25-11-5-6-17(13-25)22-23-19-7-3-4-8-20(19)24-22/h3-4,7-10,12,17H,5-6,11,13-14H2,1-2H3,(H,23,24). The van der Waals surface area contributed by atoms with E-state index < -0.39 is 0 Å². The summed E-state index contributed by atoms with van der Waals surface area (Å²) in [6.07, 6.45) is 2.03. The fraction of sp³-hybridized carbons (Fsp3) is 0.364. The molecule has 5 heteroatoms. The molecular formula is C22H25N3O2. The number of nitrogens with zero attached hydrogens (tertiary/aromatic N) is 2. The molecule has 0 radical (unpaired) electrons. The normalized spacial score (nSPS) is 17.3. The van der Waals surface area contributed by atoms with Gasteiger partial charge in [0.1, 0.15) is 11.6 Å². The zero-order valence-electron chi connectivity index (χ0n) is 15.9. The molecule has 5 nitrogen and oxygen atoms in total. The van der Waals surface area contributed by atoms with E-state index in [0.29, 0.717) is 6.54 Å². The second-order valence-corrected chi connectivity index (χ2v) is 7.35. The Morgan fingerprint density at radius 3 is 2.89 bits per heavy atom. The number of carbonyl (C=O) groups is 1. The number of carbonyl (C=O) groups excluding carboxylic acids is 1. The number of aromatic amines is 1. The van der Waals surface area contributed by atoms with Gasteiger partial charge in [-0.1, -0.05) is 18.2 Å². The van der Waals surface area contributed by atoms with Crippen molar-refractivity contribution < 1.29 is 9.53 Å². The zero-order chi connectivity index (χ0) is 18.8. The quantitative estimate of drug-likeness (QED) is 0.763. The predicted molar refractivity (Wildman–Crippen MR) is 106 cm³/mol. The van der Waals surface area contributed by atoms with E-state index >= 15 is 0 Å². The van der Waals surface area contributed by atoms with Gasteiger partial charge < -0.3 is 14.6 Å². The zero-order valence-corrected chi connectivity index (χ0v) is 15.9. The molecule has 2 heterocycles. The Morgan fingerprint density at radius 1 is 1.22 bits per heavy atom. The molecule has 4 rings (SSSR count). The van der Waals surface area contributed by atoms with Crippen molar-refractivity contribution in [2.45, 2.75) is 32.6 Å². The average molecular weight is 363 g/mol. The number of imidazole rings is 1. The van der Waals surface area contributed by atoms with Crippen LogP contribution < -0.4 is 4.74 Å². The highest BCUT2D eigenvalue weighted by atomic mass is 16.5. The SMILES string of the molecule is Cc1ccc(OCC(=O)N2CCCC(c3nc4ccccc4[nH]3)C2)cc1C. The minimum atomic E-state index is 0.0361. The number of likely N-dealkylation sites (tertiary alicyclic amines) is 1. The molecule has 0 saturated carbocycles. The first-order valence-electron chi connectivity index (χ1n) is 9.52. The minimum absolute atomic E-state index is 0.0361. The van der Waals surface area contributed by atoms with E-state index in [1.165, 1.54) is 11.1 Å². The predicted octanol–water partition coefficient (Wildman–Crippen LogP) is 3.96. The number of benzene rings is 2. The van der Waals surface area contributed by atoms with Gasteiger partial charge in [-0.2, -0.15) is 0 Å². The lowest BCUT2D eigenvalue weighted by Crippen LogP contribution is -2.41. The first-order chi connectivity index (χ1) is 13.1. The number of fused-ring (bicyclic) bond motifs is 1.